The van der Waals surface area contributed by atoms with E-state index in [0.717, 1.165) is 0 Å². The summed E-state index contributed by atoms with van der Waals surface area (Å²) >= 11 is 0. The third-order valence-electron chi connectivity index (χ3n) is 3.27. The van der Waals surface area contributed by atoms with Crippen LogP contribution in [0.1, 0.15) is 30.1 Å². The molecule has 120 valence electrons. The van der Waals surface area contributed by atoms with Crippen LogP contribution in [0.4, 0.5) is 0 Å². The van der Waals surface area contributed by atoms with Gasteiger partial charge in [-0.1, -0.05) is 12.7 Å². The molecule has 2 rings (SSSR count). The van der Waals surface area contributed by atoms with E-state index in [0.29, 0.717) is 30.3 Å². The van der Waals surface area contributed by atoms with E-state index in [4.69, 9.17) is 9.47 Å². The summed E-state index contributed by atoms with van der Waals surface area (Å²) in [5, 5.41) is 0. The van der Waals surface area contributed by atoms with Crippen molar-refractivity contribution < 1.29 is 19.1 Å². The number of rotatable bonds is 7. The van der Waals surface area contributed by atoms with Gasteiger partial charge in [0.25, 0.3) is 0 Å². The molecule has 0 fully saturated rings. The molecule has 23 heavy (non-hydrogen) atoms. The summed E-state index contributed by atoms with van der Waals surface area (Å²) in [5.74, 6) is 0.835. The Morgan fingerprint density at radius 1 is 1.22 bits per heavy atom. The number of hydrogen-bond donors (Lipinski definition) is 0. The second-order valence-electron chi connectivity index (χ2n) is 4.96. The van der Waals surface area contributed by atoms with Crippen molar-refractivity contribution in [2.24, 2.45) is 4.99 Å². The van der Waals surface area contributed by atoms with Gasteiger partial charge in [0.2, 0.25) is 0 Å². The lowest BCUT2D eigenvalue weighted by Gasteiger charge is -2.18. The molecule has 0 atom stereocenters. The van der Waals surface area contributed by atoms with Crippen LogP contribution in [-0.4, -0.2) is 31.0 Å². The van der Waals surface area contributed by atoms with Crippen molar-refractivity contribution in [3.8, 4) is 11.5 Å². The van der Waals surface area contributed by atoms with E-state index in [1.165, 1.54) is 6.21 Å². The lowest BCUT2D eigenvalue weighted by atomic mass is 10.0. The van der Waals surface area contributed by atoms with Crippen LogP contribution in [0, 0.1) is 0 Å². The molecule has 0 amide bonds. The predicted octanol–water partition coefficient (Wildman–Crippen LogP) is 3.15. The number of Topliss-reactive ketones (excluding diaryl/α,β-unsaturated/α-hetero) is 2. The number of hydrogen-bond acceptors (Lipinski definition) is 5. The molecule has 0 N–H and O–H groups in total. The average molecular weight is 313 g/mol. The van der Waals surface area contributed by atoms with E-state index in [-0.39, 0.29) is 30.1 Å². The summed E-state index contributed by atoms with van der Waals surface area (Å²) in [6.45, 7) is 6.43. The molecule has 0 aromatic heterocycles. The molecule has 0 radical (unpaired) electrons. The van der Waals surface area contributed by atoms with Crippen molar-refractivity contribution in [1.82, 2.24) is 0 Å². The standard InChI is InChI=1S/C18H19NO4/c1-3-4-9-19-13(2)15(20)6-7-16(21)14-5-8-17-18(12-14)23-11-10-22-17/h3-5,8-9,12H,2,6-7,10-11H2,1H3/b4-3-,19-9?. The molecular formula is C18H19NO4. The predicted molar refractivity (Wildman–Crippen MR) is 88.4 cm³/mol. The van der Waals surface area contributed by atoms with E-state index in [9.17, 15) is 9.59 Å². The van der Waals surface area contributed by atoms with Gasteiger partial charge in [-0.2, -0.15) is 0 Å². The Bertz CT molecular complexity index is 674. The van der Waals surface area contributed by atoms with Crippen molar-refractivity contribution >= 4 is 17.8 Å². The molecule has 0 saturated heterocycles. The highest BCUT2D eigenvalue weighted by Crippen LogP contribution is 2.31. The number of aliphatic imine (C=N–C) groups is 1. The third-order valence-corrected chi connectivity index (χ3v) is 3.27. The van der Waals surface area contributed by atoms with Gasteiger partial charge in [0, 0.05) is 24.6 Å². The Morgan fingerprint density at radius 3 is 2.70 bits per heavy atom. The van der Waals surface area contributed by atoms with Crippen LogP contribution >= 0.6 is 0 Å². The fraction of sp³-hybridized carbons (Fsp3) is 0.278. The van der Waals surface area contributed by atoms with Crippen molar-refractivity contribution in [3.63, 3.8) is 0 Å². The number of nitrogens with zero attached hydrogens (tertiary/aromatic N) is 1. The second-order valence-corrected chi connectivity index (χ2v) is 4.96. The van der Waals surface area contributed by atoms with Crippen LogP contribution in [0.2, 0.25) is 0 Å². The van der Waals surface area contributed by atoms with E-state index in [2.05, 4.69) is 11.6 Å². The molecule has 1 heterocycles. The molecule has 0 bridgehead atoms. The highest BCUT2D eigenvalue weighted by molar-refractivity contribution is 6.02. The molecule has 5 nitrogen and oxygen atoms in total. The minimum atomic E-state index is -0.239. The number of ketones is 2. The summed E-state index contributed by atoms with van der Waals surface area (Å²) in [6, 6.07) is 5.05. The zero-order valence-corrected chi connectivity index (χ0v) is 13.1. The largest absolute Gasteiger partial charge is 0.486 e. The van der Waals surface area contributed by atoms with Gasteiger partial charge in [-0.3, -0.25) is 14.6 Å². The normalized spacial score (nSPS) is 13.4. The van der Waals surface area contributed by atoms with Crippen molar-refractivity contribution in [2.45, 2.75) is 19.8 Å². The first kappa shape index (κ1) is 16.7. The summed E-state index contributed by atoms with van der Waals surface area (Å²) in [6.07, 6.45) is 5.20. The number of allylic oxidation sites excluding steroid dienone is 3. The van der Waals surface area contributed by atoms with E-state index in [1.807, 2.05) is 6.92 Å². The van der Waals surface area contributed by atoms with Crippen LogP contribution in [0.5, 0.6) is 11.5 Å². The third kappa shape index (κ3) is 4.64. The number of carbonyl (C=O) groups excluding carboxylic acids is 2. The molecule has 5 heteroatoms. The maximum atomic E-state index is 12.2. The molecule has 1 aliphatic rings. The Morgan fingerprint density at radius 2 is 1.96 bits per heavy atom. The monoisotopic (exact) mass is 313 g/mol. The molecule has 0 saturated carbocycles. The first-order valence-electron chi connectivity index (χ1n) is 7.42. The smallest absolute Gasteiger partial charge is 0.181 e. The molecule has 1 aliphatic heterocycles. The van der Waals surface area contributed by atoms with Crippen molar-refractivity contribution in [2.75, 3.05) is 13.2 Å². The van der Waals surface area contributed by atoms with Crippen LogP contribution in [0.25, 0.3) is 0 Å². The van der Waals surface area contributed by atoms with Gasteiger partial charge in [0.15, 0.2) is 23.1 Å². The van der Waals surface area contributed by atoms with Gasteiger partial charge in [-0.05, 0) is 31.2 Å². The Kier molecular flexibility index (Phi) is 5.86. The zero-order valence-electron chi connectivity index (χ0n) is 13.1. The first-order valence-corrected chi connectivity index (χ1v) is 7.42. The van der Waals surface area contributed by atoms with Gasteiger partial charge in [0.1, 0.15) is 13.2 Å². The summed E-state index contributed by atoms with van der Waals surface area (Å²) in [5.41, 5.74) is 0.656. The number of benzene rings is 1. The molecular weight excluding hydrogens is 294 g/mol. The lowest BCUT2D eigenvalue weighted by Crippen LogP contribution is -2.16. The van der Waals surface area contributed by atoms with Gasteiger partial charge in [0.05, 0.1) is 5.70 Å². The van der Waals surface area contributed by atoms with Crippen molar-refractivity contribution in [1.29, 1.82) is 0 Å². The number of fused-ring (bicyclic) bond motifs is 1. The Hall–Kier alpha value is -2.69. The second kappa shape index (κ2) is 8.08. The maximum absolute atomic E-state index is 12.2. The van der Waals surface area contributed by atoms with E-state index >= 15 is 0 Å². The van der Waals surface area contributed by atoms with Crippen LogP contribution in [0.15, 0.2) is 47.6 Å². The van der Waals surface area contributed by atoms with Gasteiger partial charge >= 0.3 is 0 Å². The summed E-state index contributed by atoms with van der Waals surface area (Å²) in [4.78, 5) is 28.0. The minimum absolute atomic E-state index is 0.0826. The molecule has 0 spiro atoms. The average Bonchev–Trinajstić information content (AvgIpc) is 2.59. The van der Waals surface area contributed by atoms with Crippen LogP contribution in [-0.2, 0) is 4.79 Å². The van der Waals surface area contributed by atoms with Crippen LogP contribution in [0.3, 0.4) is 0 Å². The zero-order chi connectivity index (χ0) is 16.7. The highest BCUT2D eigenvalue weighted by Gasteiger charge is 2.16. The van der Waals surface area contributed by atoms with Gasteiger partial charge in [-0.15, -0.1) is 0 Å². The fourth-order valence-corrected chi connectivity index (χ4v) is 2.02. The van der Waals surface area contributed by atoms with E-state index < -0.39 is 0 Å². The SMILES string of the molecule is C=C(N=C/C=C\C)C(=O)CCC(=O)c1ccc2c(c1)OCCO2. The minimum Gasteiger partial charge on any atom is -0.486 e. The van der Waals surface area contributed by atoms with E-state index in [1.54, 1.807) is 30.4 Å². The summed E-state index contributed by atoms with van der Waals surface area (Å²) in [7, 11) is 0. The number of carbonyl (C=O) groups is 2. The molecule has 1 aromatic rings. The first-order chi connectivity index (χ1) is 11.1. The van der Waals surface area contributed by atoms with Gasteiger partial charge < -0.3 is 9.47 Å². The van der Waals surface area contributed by atoms with Crippen molar-refractivity contribution in [3.05, 3.63) is 48.2 Å². The Balaban J connectivity index is 1.92. The van der Waals surface area contributed by atoms with Crippen LogP contribution < -0.4 is 9.47 Å². The topological polar surface area (TPSA) is 65.0 Å². The maximum Gasteiger partial charge on any atom is 0.181 e. The molecule has 1 aromatic carbocycles. The lowest BCUT2D eigenvalue weighted by molar-refractivity contribution is -0.115. The fourth-order valence-electron chi connectivity index (χ4n) is 2.02. The summed E-state index contributed by atoms with van der Waals surface area (Å²) < 4.78 is 10.9. The molecule has 0 aliphatic carbocycles. The van der Waals surface area contributed by atoms with Gasteiger partial charge in [-0.25, -0.2) is 0 Å². The number of ether oxygens (including phenoxy) is 2. The molecule has 0 unspecified atom stereocenters. The highest BCUT2D eigenvalue weighted by atomic mass is 16.6. The Labute approximate surface area is 135 Å². The quantitative estimate of drug-likeness (QED) is 0.440.